The molecule has 8 heteroatoms. The van der Waals surface area contributed by atoms with Gasteiger partial charge in [-0.05, 0) is 69.2 Å². The summed E-state index contributed by atoms with van der Waals surface area (Å²) in [5.41, 5.74) is 2.81. The summed E-state index contributed by atoms with van der Waals surface area (Å²) in [7, 11) is 0. The van der Waals surface area contributed by atoms with Crippen LogP contribution in [0, 0.1) is 13.8 Å². The minimum atomic E-state index is -4.38. The molecule has 180 valence electrons. The minimum absolute atomic E-state index is 0.293. The molecule has 2 unspecified atom stereocenters. The van der Waals surface area contributed by atoms with E-state index >= 15 is 0 Å². The molecule has 3 rings (SSSR count). The van der Waals surface area contributed by atoms with E-state index in [4.69, 9.17) is 14.6 Å². The molecule has 2 atom stereocenters. The molecule has 0 aliphatic heterocycles. The lowest BCUT2D eigenvalue weighted by Crippen LogP contribution is -2.23. The van der Waals surface area contributed by atoms with Crippen molar-refractivity contribution in [1.29, 1.82) is 0 Å². The first kappa shape index (κ1) is 25.1. The summed E-state index contributed by atoms with van der Waals surface area (Å²) in [4.78, 5) is 15.6. The second kappa shape index (κ2) is 10.2. The van der Waals surface area contributed by atoms with Gasteiger partial charge in [0.25, 0.3) is 0 Å². The van der Waals surface area contributed by atoms with Crippen LogP contribution in [0.15, 0.2) is 54.6 Å². The fraction of sp³-hybridized carbons (Fsp3) is 0.308. The smallest absolute Gasteiger partial charge is 0.416 e. The highest BCUT2D eigenvalue weighted by Crippen LogP contribution is 2.33. The van der Waals surface area contributed by atoms with Gasteiger partial charge >= 0.3 is 12.1 Å². The van der Waals surface area contributed by atoms with Crippen LogP contribution in [0.2, 0.25) is 0 Å². The number of hydrogen-bond donors (Lipinski definition) is 1. The van der Waals surface area contributed by atoms with Crippen LogP contribution >= 0.6 is 0 Å². The molecule has 0 radical (unpaired) electrons. The number of pyridine rings is 1. The number of carbonyl (C=O) groups is 1. The molecular weight excluding hydrogens is 447 g/mol. The Morgan fingerprint density at radius 1 is 1.03 bits per heavy atom. The third-order valence-electron chi connectivity index (χ3n) is 5.43. The Hall–Kier alpha value is -3.55. The number of carboxylic acids is 1. The van der Waals surface area contributed by atoms with Crippen molar-refractivity contribution >= 4 is 5.97 Å². The Bertz CT molecular complexity index is 1160. The molecule has 0 aliphatic carbocycles. The predicted molar refractivity (Wildman–Crippen MR) is 122 cm³/mol. The van der Waals surface area contributed by atoms with Crippen LogP contribution in [-0.2, 0) is 11.0 Å². The maximum absolute atomic E-state index is 12.8. The Labute approximate surface area is 196 Å². The van der Waals surface area contributed by atoms with Gasteiger partial charge in [-0.1, -0.05) is 25.1 Å². The SMILES string of the molecule is CCC(Oc1ccc(OC(C)C(=O)O)c(C)c1)c1ccc(-c2ccc(C(F)(F)F)cc2)nc1C. The molecule has 0 saturated heterocycles. The monoisotopic (exact) mass is 473 g/mol. The topological polar surface area (TPSA) is 68.7 Å². The van der Waals surface area contributed by atoms with Crippen molar-refractivity contribution in [3.8, 4) is 22.8 Å². The second-order valence-corrected chi connectivity index (χ2v) is 7.99. The van der Waals surface area contributed by atoms with Crippen LogP contribution in [0.1, 0.15) is 48.8 Å². The van der Waals surface area contributed by atoms with Crippen molar-refractivity contribution in [2.45, 2.75) is 52.5 Å². The zero-order chi connectivity index (χ0) is 25.0. The van der Waals surface area contributed by atoms with Gasteiger partial charge in [0, 0.05) is 16.8 Å². The molecule has 1 aromatic heterocycles. The van der Waals surface area contributed by atoms with Crippen molar-refractivity contribution in [2.24, 2.45) is 0 Å². The number of carboxylic acid groups (broad SMARTS) is 1. The van der Waals surface area contributed by atoms with Crippen molar-refractivity contribution in [2.75, 3.05) is 0 Å². The first-order valence-corrected chi connectivity index (χ1v) is 10.8. The van der Waals surface area contributed by atoms with E-state index in [1.54, 1.807) is 24.3 Å². The van der Waals surface area contributed by atoms with Crippen LogP contribution in [0.3, 0.4) is 0 Å². The van der Waals surface area contributed by atoms with Gasteiger partial charge in [0.05, 0.1) is 11.3 Å². The van der Waals surface area contributed by atoms with Gasteiger partial charge < -0.3 is 14.6 Å². The lowest BCUT2D eigenvalue weighted by atomic mass is 10.0. The van der Waals surface area contributed by atoms with Gasteiger partial charge in [-0.2, -0.15) is 13.2 Å². The van der Waals surface area contributed by atoms with Gasteiger partial charge in [0.15, 0.2) is 6.10 Å². The summed E-state index contributed by atoms with van der Waals surface area (Å²) >= 11 is 0. The first-order valence-electron chi connectivity index (χ1n) is 10.8. The molecule has 2 aromatic carbocycles. The van der Waals surface area contributed by atoms with E-state index in [0.29, 0.717) is 29.2 Å². The van der Waals surface area contributed by atoms with Crippen molar-refractivity contribution in [3.05, 3.63) is 77.0 Å². The van der Waals surface area contributed by atoms with Gasteiger partial charge in [0.1, 0.15) is 17.6 Å². The molecule has 0 bridgehead atoms. The molecule has 3 aromatic rings. The highest BCUT2D eigenvalue weighted by atomic mass is 19.4. The Kier molecular flexibility index (Phi) is 7.49. The summed E-state index contributed by atoms with van der Waals surface area (Å²) in [6.45, 7) is 7.09. The van der Waals surface area contributed by atoms with E-state index in [1.165, 1.54) is 19.1 Å². The summed E-state index contributed by atoms with van der Waals surface area (Å²) in [6.07, 6.45) is -4.98. The summed E-state index contributed by atoms with van der Waals surface area (Å²) in [5.74, 6) is 0.0217. The molecule has 5 nitrogen and oxygen atoms in total. The molecular formula is C26H26F3NO4. The summed E-state index contributed by atoms with van der Waals surface area (Å²) < 4.78 is 50.1. The molecule has 1 N–H and O–H groups in total. The molecule has 1 heterocycles. The highest BCUT2D eigenvalue weighted by Gasteiger charge is 2.30. The van der Waals surface area contributed by atoms with Crippen LogP contribution in [-0.4, -0.2) is 22.2 Å². The molecule has 0 saturated carbocycles. The quantitative estimate of drug-likeness (QED) is 0.391. The molecule has 0 spiro atoms. The lowest BCUT2D eigenvalue weighted by Gasteiger charge is -2.21. The minimum Gasteiger partial charge on any atom is -0.486 e. The maximum atomic E-state index is 12.8. The molecule has 0 amide bonds. The highest BCUT2D eigenvalue weighted by molar-refractivity contribution is 5.72. The van der Waals surface area contributed by atoms with Crippen molar-refractivity contribution in [1.82, 2.24) is 4.98 Å². The van der Waals surface area contributed by atoms with Crippen LogP contribution in [0.25, 0.3) is 11.3 Å². The molecule has 0 fully saturated rings. The van der Waals surface area contributed by atoms with Crippen LogP contribution < -0.4 is 9.47 Å². The summed E-state index contributed by atoms with van der Waals surface area (Å²) in [5, 5.41) is 9.03. The van der Waals surface area contributed by atoms with E-state index in [-0.39, 0.29) is 6.10 Å². The third kappa shape index (κ3) is 5.87. The number of aliphatic carboxylic acids is 1. The van der Waals surface area contributed by atoms with Crippen LogP contribution in [0.4, 0.5) is 13.2 Å². The number of benzene rings is 2. The standard InChI is InChI=1S/C26H26F3NO4/c1-5-23(34-20-10-13-24(15(2)14-20)33-17(4)25(31)32)21-11-12-22(30-16(21)3)18-6-8-19(9-7-18)26(27,28)29/h6-14,17,23H,5H2,1-4H3,(H,31,32). The third-order valence-corrected chi connectivity index (χ3v) is 5.43. The lowest BCUT2D eigenvalue weighted by molar-refractivity contribution is -0.144. The van der Waals surface area contributed by atoms with E-state index < -0.39 is 23.8 Å². The van der Waals surface area contributed by atoms with Gasteiger partial charge in [-0.25, -0.2) is 4.79 Å². The Balaban J connectivity index is 1.78. The number of rotatable bonds is 8. The number of alkyl halides is 3. The zero-order valence-corrected chi connectivity index (χ0v) is 19.3. The van der Waals surface area contributed by atoms with E-state index in [9.17, 15) is 18.0 Å². The number of halogens is 3. The number of hydrogen-bond acceptors (Lipinski definition) is 4. The van der Waals surface area contributed by atoms with Gasteiger partial charge in [-0.3, -0.25) is 4.98 Å². The fourth-order valence-corrected chi connectivity index (χ4v) is 3.50. The largest absolute Gasteiger partial charge is 0.486 e. The number of ether oxygens (including phenoxy) is 2. The van der Waals surface area contributed by atoms with Gasteiger partial charge in [0.2, 0.25) is 0 Å². The van der Waals surface area contributed by atoms with E-state index in [2.05, 4.69) is 4.98 Å². The molecule has 0 aliphatic rings. The van der Waals surface area contributed by atoms with Crippen molar-refractivity contribution < 1.29 is 32.5 Å². The Morgan fingerprint density at radius 2 is 1.71 bits per heavy atom. The first-order chi connectivity index (χ1) is 16.0. The van der Waals surface area contributed by atoms with E-state index in [0.717, 1.165) is 29.0 Å². The molecule has 34 heavy (non-hydrogen) atoms. The van der Waals surface area contributed by atoms with Crippen LogP contribution in [0.5, 0.6) is 11.5 Å². The fourth-order valence-electron chi connectivity index (χ4n) is 3.50. The zero-order valence-electron chi connectivity index (χ0n) is 19.3. The number of aryl methyl sites for hydroxylation is 2. The number of nitrogens with zero attached hydrogens (tertiary/aromatic N) is 1. The maximum Gasteiger partial charge on any atom is 0.416 e. The average Bonchev–Trinajstić information content (AvgIpc) is 2.78. The Morgan fingerprint density at radius 3 is 2.24 bits per heavy atom. The predicted octanol–water partition coefficient (Wildman–Crippen LogP) is 6.77. The van der Waals surface area contributed by atoms with Crippen molar-refractivity contribution in [3.63, 3.8) is 0 Å². The van der Waals surface area contributed by atoms with Gasteiger partial charge in [-0.15, -0.1) is 0 Å². The second-order valence-electron chi connectivity index (χ2n) is 7.99. The van der Waals surface area contributed by atoms with E-state index in [1.807, 2.05) is 26.8 Å². The number of aromatic nitrogens is 1. The summed E-state index contributed by atoms with van der Waals surface area (Å²) in [6, 6.07) is 13.7. The normalized spacial score (nSPS) is 13.3. The average molecular weight is 473 g/mol.